The lowest BCUT2D eigenvalue weighted by Gasteiger charge is -2.38. The molecule has 98 valence electrons. The highest BCUT2D eigenvalue weighted by atomic mass is 16.5. The molecular formula is C13H23NO3. The van der Waals surface area contributed by atoms with Crippen LogP contribution in [0.2, 0.25) is 0 Å². The van der Waals surface area contributed by atoms with Crippen LogP contribution < -0.4 is 0 Å². The van der Waals surface area contributed by atoms with E-state index in [9.17, 15) is 9.90 Å². The predicted octanol–water partition coefficient (Wildman–Crippen LogP) is 1.32. The monoisotopic (exact) mass is 241 g/mol. The van der Waals surface area contributed by atoms with Gasteiger partial charge in [0.2, 0.25) is 5.91 Å². The summed E-state index contributed by atoms with van der Waals surface area (Å²) in [5.74, 6) is 0.0806. The van der Waals surface area contributed by atoms with Crippen molar-refractivity contribution in [3.63, 3.8) is 0 Å². The second-order valence-corrected chi connectivity index (χ2v) is 5.65. The number of carbonyl (C=O) groups excluding carboxylic acids is 1. The molecule has 1 saturated heterocycles. The lowest BCUT2D eigenvalue weighted by Crippen LogP contribution is -2.51. The van der Waals surface area contributed by atoms with Crippen molar-refractivity contribution < 1.29 is 14.6 Å². The predicted molar refractivity (Wildman–Crippen MR) is 64.6 cm³/mol. The summed E-state index contributed by atoms with van der Waals surface area (Å²) >= 11 is 0. The van der Waals surface area contributed by atoms with Crippen molar-refractivity contribution in [3.8, 4) is 0 Å². The van der Waals surface area contributed by atoms with Gasteiger partial charge in [-0.1, -0.05) is 12.8 Å². The maximum atomic E-state index is 12.2. The number of ether oxygens (including phenoxy) is 1. The Bertz CT molecular complexity index is 286. The molecule has 2 aliphatic rings. The first-order chi connectivity index (χ1) is 8.00. The first-order valence-corrected chi connectivity index (χ1v) is 6.64. The lowest BCUT2D eigenvalue weighted by molar-refractivity contribution is -0.148. The van der Waals surface area contributed by atoms with Crippen LogP contribution in [0.15, 0.2) is 0 Å². The van der Waals surface area contributed by atoms with Gasteiger partial charge >= 0.3 is 0 Å². The fourth-order valence-corrected chi connectivity index (χ4v) is 2.84. The largest absolute Gasteiger partial charge is 0.389 e. The number of carbonyl (C=O) groups is 1. The Balaban J connectivity index is 1.94. The Kier molecular flexibility index (Phi) is 3.73. The van der Waals surface area contributed by atoms with Crippen molar-refractivity contribution in [2.45, 2.75) is 63.7 Å². The Morgan fingerprint density at radius 1 is 1.41 bits per heavy atom. The summed E-state index contributed by atoms with van der Waals surface area (Å²) in [6.45, 7) is 5.24. The van der Waals surface area contributed by atoms with Crippen LogP contribution >= 0.6 is 0 Å². The molecule has 17 heavy (non-hydrogen) atoms. The fourth-order valence-electron chi connectivity index (χ4n) is 2.84. The Morgan fingerprint density at radius 3 is 2.71 bits per heavy atom. The molecule has 2 unspecified atom stereocenters. The maximum absolute atomic E-state index is 12.2. The molecule has 0 bridgehead atoms. The van der Waals surface area contributed by atoms with E-state index in [-0.39, 0.29) is 24.5 Å². The third-order valence-electron chi connectivity index (χ3n) is 3.94. The van der Waals surface area contributed by atoms with Gasteiger partial charge in [0.1, 0.15) is 0 Å². The van der Waals surface area contributed by atoms with Crippen LogP contribution in [0.1, 0.15) is 46.0 Å². The molecule has 0 aromatic rings. The minimum absolute atomic E-state index is 0.0806. The van der Waals surface area contributed by atoms with E-state index in [1.807, 2.05) is 18.7 Å². The van der Waals surface area contributed by atoms with Crippen LogP contribution in [-0.2, 0) is 9.53 Å². The van der Waals surface area contributed by atoms with Crippen molar-refractivity contribution in [2.75, 3.05) is 13.2 Å². The highest BCUT2D eigenvalue weighted by Crippen LogP contribution is 2.33. The quantitative estimate of drug-likeness (QED) is 0.793. The van der Waals surface area contributed by atoms with E-state index in [1.54, 1.807) is 0 Å². The highest BCUT2D eigenvalue weighted by molar-refractivity contribution is 5.77. The Hall–Kier alpha value is -0.610. The minimum atomic E-state index is -0.738. The van der Waals surface area contributed by atoms with Gasteiger partial charge in [-0.2, -0.15) is 0 Å². The topological polar surface area (TPSA) is 49.8 Å². The molecule has 0 spiro atoms. The zero-order valence-electron chi connectivity index (χ0n) is 10.8. The number of amides is 1. The van der Waals surface area contributed by atoms with E-state index >= 15 is 0 Å². The summed E-state index contributed by atoms with van der Waals surface area (Å²) in [7, 11) is 0. The fraction of sp³-hybridized carbons (Fsp3) is 0.923. The molecular weight excluding hydrogens is 218 g/mol. The highest BCUT2D eigenvalue weighted by Gasteiger charge is 2.37. The van der Waals surface area contributed by atoms with Gasteiger partial charge < -0.3 is 14.7 Å². The van der Waals surface area contributed by atoms with E-state index in [1.165, 1.54) is 0 Å². The van der Waals surface area contributed by atoms with Crippen molar-refractivity contribution in [1.29, 1.82) is 0 Å². The third-order valence-corrected chi connectivity index (χ3v) is 3.94. The molecule has 1 aliphatic carbocycles. The minimum Gasteiger partial charge on any atom is -0.389 e. The molecule has 2 fully saturated rings. The Labute approximate surface area is 103 Å². The number of hydrogen-bond acceptors (Lipinski definition) is 3. The van der Waals surface area contributed by atoms with Gasteiger partial charge in [0, 0.05) is 6.54 Å². The van der Waals surface area contributed by atoms with Gasteiger partial charge in [0.15, 0.2) is 0 Å². The van der Waals surface area contributed by atoms with Gasteiger partial charge in [0.25, 0.3) is 0 Å². The maximum Gasteiger partial charge on any atom is 0.225 e. The molecule has 1 amide bonds. The average molecular weight is 241 g/mol. The second-order valence-electron chi connectivity index (χ2n) is 5.65. The van der Waals surface area contributed by atoms with Crippen LogP contribution in [0.25, 0.3) is 0 Å². The van der Waals surface area contributed by atoms with Crippen molar-refractivity contribution in [3.05, 3.63) is 0 Å². The van der Waals surface area contributed by atoms with Crippen LogP contribution in [0.4, 0.5) is 0 Å². The zero-order chi connectivity index (χ0) is 12.5. The SMILES string of the molecule is CC1CN(C(=O)CC2(O)CCCC2)C(C)CO1. The molecule has 1 aliphatic heterocycles. The number of hydrogen-bond donors (Lipinski definition) is 1. The van der Waals surface area contributed by atoms with Crippen LogP contribution in [0.3, 0.4) is 0 Å². The summed E-state index contributed by atoms with van der Waals surface area (Å²) in [5.41, 5.74) is -0.738. The van der Waals surface area contributed by atoms with Gasteiger partial charge in [-0.15, -0.1) is 0 Å². The van der Waals surface area contributed by atoms with E-state index in [2.05, 4.69) is 0 Å². The molecule has 0 radical (unpaired) electrons. The van der Waals surface area contributed by atoms with Gasteiger partial charge in [-0.25, -0.2) is 0 Å². The van der Waals surface area contributed by atoms with Crippen LogP contribution in [0, 0.1) is 0 Å². The number of morpholine rings is 1. The number of aliphatic hydroxyl groups is 1. The van der Waals surface area contributed by atoms with E-state index in [0.717, 1.165) is 25.7 Å². The summed E-state index contributed by atoms with van der Waals surface area (Å²) in [6, 6.07) is 0.128. The third kappa shape index (κ3) is 2.99. The lowest BCUT2D eigenvalue weighted by atomic mass is 9.96. The summed E-state index contributed by atoms with van der Waals surface area (Å²) in [6.07, 6.45) is 4.01. The Morgan fingerprint density at radius 2 is 2.06 bits per heavy atom. The molecule has 2 rings (SSSR count). The van der Waals surface area contributed by atoms with E-state index in [4.69, 9.17) is 4.74 Å². The molecule has 2 atom stereocenters. The van der Waals surface area contributed by atoms with Gasteiger partial charge in [0.05, 0.1) is 30.8 Å². The smallest absolute Gasteiger partial charge is 0.225 e. The summed E-state index contributed by atoms with van der Waals surface area (Å²) in [5, 5.41) is 10.3. The molecule has 1 heterocycles. The van der Waals surface area contributed by atoms with Crippen LogP contribution in [-0.4, -0.2) is 46.8 Å². The summed E-state index contributed by atoms with van der Waals surface area (Å²) < 4.78 is 5.51. The second kappa shape index (κ2) is 4.94. The number of rotatable bonds is 2. The summed E-state index contributed by atoms with van der Waals surface area (Å²) in [4.78, 5) is 14.1. The first-order valence-electron chi connectivity index (χ1n) is 6.64. The van der Waals surface area contributed by atoms with Crippen molar-refractivity contribution in [1.82, 2.24) is 4.90 Å². The molecule has 1 saturated carbocycles. The molecule has 0 aromatic heterocycles. The van der Waals surface area contributed by atoms with Crippen molar-refractivity contribution >= 4 is 5.91 Å². The molecule has 1 N–H and O–H groups in total. The average Bonchev–Trinajstić information content (AvgIpc) is 2.68. The normalized spacial score (nSPS) is 32.8. The van der Waals surface area contributed by atoms with Gasteiger partial charge in [-0.3, -0.25) is 4.79 Å². The van der Waals surface area contributed by atoms with E-state index < -0.39 is 5.60 Å². The molecule has 0 aromatic carbocycles. The van der Waals surface area contributed by atoms with Crippen LogP contribution in [0.5, 0.6) is 0 Å². The van der Waals surface area contributed by atoms with Crippen molar-refractivity contribution in [2.24, 2.45) is 0 Å². The molecule has 4 heteroatoms. The molecule has 4 nitrogen and oxygen atoms in total. The van der Waals surface area contributed by atoms with Gasteiger partial charge in [-0.05, 0) is 26.7 Å². The number of nitrogens with zero attached hydrogens (tertiary/aromatic N) is 1. The standard InChI is InChI=1S/C13H23NO3/c1-10-9-17-11(2)8-14(10)12(15)7-13(16)5-3-4-6-13/h10-11,16H,3-9H2,1-2H3. The van der Waals surface area contributed by atoms with E-state index in [0.29, 0.717) is 13.2 Å². The first kappa shape index (κ1) is 12.8. The zero-order valence-corrected chi connectivity index (χ0v) is 10.8.